The number of hydrogen-bond acceptors (Lipinski definition) is 4. The first-order valence-corrected chi connectivity index (χ1v) is 10.7. The van der Waals surface area contributed by atoms with Gasteiger partial charge in [0, 0.05) is 6.42 Å². The van der Waals surface area contributed by atoms with Gasteiger partial charge in [-0.1, -0.05) is 94.5 Å². The van der Waals surface area contributed by atoms with Crippen LogP contribution in [-0.2, 0) is 20.7 Å². The summed E-state index contributed by atoms with van der Waals surface area (Å²) in [5.74, 6) is 1.77. The van der Waals surface area contributed by atoms with Crippen LogP contribution in [0.2, 0.25) is 0 Å². The second-order valence-electron chi connectivity index (χ2n) is 7.16. The number of hydrogen-bond donors (Lipinski definition) is 1. The summed E-state index contributed by atoms with van der Waals surface area (Å²) in [6, 6.07) is 8.66. The van der Waals surface area contributed by atoms with Crippen LogP contribution in [0.25, 0.3) is 0 Å². The lowest BCUT2D eigenvalue weighted by atomic mass is 10.1. The molecule has 5 nitrogen and oxygen atoms in total. The standard InChI is InChI=1S/C24H35NO4/c1-3-5-6-7-8-9-10-11-15-19-28-23(26)22(25-24(27)29-18-4-2)20-21-16-13-12-14-17-21/h2,12-14,16-17,22H,3,5-11,15,18-20H2,1H3,(H,25,27). The molecule has 0 saturated carbocycles. The number of terminal acetylenes is 1. The van der Waals surface area contributed by atoms with Gasteiger partial charge in [-0.2, -0.15) is 0 Å². The zero-order valence-corrected chi connectivity index (χ0v) is 17.7. The van der Waals surface area contributed by atoms with Gasteiger partial charge in [0.1, 0.15) is 6.04 Å². The van der Waals surface area contributed by atoms with E-state index in [2.05, 4.69) is 18.2 Å². The molecule has 0 aromatic heterocycles. The van der Waals surface area contributed by atoms with E-state index in [1.165, 1.54) is 38.5 Å². The van der Waals surface area contributed by atoms with Crippen molar-refractivity contribution >= 4 is 12.1 Å². The molecule has 1 N–H and O–H groups in total. The Morgan fingerprint density at radius 2 is 1.59 bits per heavy atom. The lowest BCUT2D eigenvalue weighted by Crippen LogP contribution is -2.43. The molecule has 0 saturated heterocycles. The molecule has 160 valence electrons. The minimum Gasteiger partial charge on any atom is -0.464 e. The summed E-state index contributed by atoms with van der Waals surface area (Å²) < 4.78 is 10.2. The summed E-state index contributed by atoms with van der Waals surface area (Å²) >= 11 is 0. The van der Waals surface area contributed by atoms with Crippen LogP contribution < -0.4 is 5.32 Å². The molecular formula is C24H35NO4. The van der Waals surface area contributed by atoms with Crippen molar-refractivity contribution in [1.82, 2.24) is 5.32 Å². The van der Waals surface area contributed by atoms with Gasteiger partial charge in [0.05, 0.1) is 6.61 Å². The molecule has 0 fully saturated rings. The molecule has 5 heteroatoms. The number of rotatable bonds is 15. The van der Waals surface area contributed by atoms with Crippen molar-refractivity contribution in [1.29, 1.82) is 0 Å². The number of nitrogens with one attached hydrogen (secondary N) is 1. The monoisotopic (exact) mass is 401 g/mol. The largest absolute Gasteiger partial charge is 0.464 e. The van der Waals surface area contributed by atoms with Gasteiger partial charge in [-0.25, -0.2) is 9.59 Å². The van der Waals surface area contributed by atoms with E-state index in [9.17, 15) is 9.59 Å². The SMILES string of the molecule is C#CCOC(=O)NC(Cc1ccccc1)C(=O)OCCCCCCCCCCC. The van der Waals surface area contributed by atoms with Crippen LogP contribution in [0.5, 0.6) is 0 Å². The van der Waals surface area contributed by atoms with E-state index in [1.54, 1.807) is 0 Å². The van der Waals surface area contributed by atoms with Crippen molar-refractivity contribution in [3.05, 3.63) is 35.9 Å². The van der Waals surface area contributed by atoms with E-state index in [-0.39, 0.29) is 6.61 Å². The lowest BCUT2D eigenvalue weighted by Gasteiger charge is -2.17. The maximum Gasteiger partial charge on any atom is 0.408 e. The molecule has 0 spiro atoms. The smallest absolute Gasteiger partial charge is 0.408 e. The summed E-state index contributed by atoms with van der Waals surface area (Å²) in [4.78, 5) is 24.3. The second-order valence-corrected chi connectivity index (χ2v) is 7.16. The molecule has 29 heavy (non-hydrogen) atoms. The molecule has 0 aliphatic rings. The van der Waals surface area contributed by atoms with Crippen molar-refractivity contribution in [2.24, 2.45) is 0 Å². The Morgan fingerprint density at radius 3 is 2.21 bits per heavy atom. The maximum absolute atomic E-state index is 12.5. The Hall–Kier alpha value is -2.48. The second kappa shape index (κ2) is 16.5. The average Bonchev–Trinajstić information content (AvgIpc) is 2.73. The first-order chi connectivity index (χ1) is 14.2. The fourth-order valence-corrected chi connectivity index (χ4v) is 3.02. The number of carbonyl (C=O) groups excluding carboxylic acids is 2. The molecule has 1 rings (SSSR count). The zero-order valence-electron chi connectivity index (χ0n) is 17.7. The summed E-state index contributed by atoms with van der Waals surface area (Å²) in [7, 11) is 0. The number of alkyl carbamates (subject to hydrolysis) is 1. The zero-order chi connectivity index (χ0) is 21.2. The summed E-state index contributed by atoms with van der Waals surface area (Å²) in [6.45, 7) is 2.44. The highest BCUT2D eigenvalue weighted by atomic mass is 16.6. The first-order valence-electron chi connectivity index (χ1n) is 10.7. The van der Waals surface area contributed by atoms with Gasteiger partial charge in [-0.3, -0.25) is 0 Å². The van der Waals surface area contributed by atoms with Gasteiger partial charge >= 0.3 is 12.1 Å². The quantitative estimate of drug-likeness (QED) is 0.254. The fourth-order valence-electron chi connectivity index (χ4n) is 3.02. The average molecular weight is 402 g/mol. The van der Waals surface area contributed by atoms with Gasteiger partial charge in [0.15, 0.2) is 6.61 Å². The third-order valence-corrected chi connectivity index (χ3v) is 4.64. The fraction of sp³-hybridized carbons (Fsp3) is 0.583. The first kappa shape index (κ1) is 24.6. The Balaban J connectivity index is 2.33. The van der Waals surface area contributed by atoms with Gasteiger partial charge in [-0.05, 0) is 12.0 Å². The number of amides is 1. The van der Waals surface area contributed by atoms with Crippen molar-refractivity contribution in [3.8, 4) is 12.3 Å². The van der Waals surface area contributed by atoms with Crippen LogP contribution in [-0.4, -0.2) is 31.3 Å². The molecule has 1 unspecified atom stereocenters. The topological polar surface area (TPSA) is 64.6 Å². The third-order valence-electron chi connectivity index (χ3n) is 4.64. The minimum absolute atomic E-state index is 0.141. The van der Waals surface area contributed by atoms with Crippen LogP contribution in [0.1, 0.15) is 70.3 Å². The van der Waals surface area contributed by atoms with Gasteiger partial charge < -0.3 is 14.8 Å². The molecule has 0 radical (unpaired) electrons. The number of benzene rings is 1. The highest BCUT2D eigenvalue weighted by molar-refractivity contribution is 5.81. The molecular weight excluding hydrogens is 366 g/mol. The molecule has 0 aliphatic heterocycles. The van der Waals surface area contributed by atoms with Crippen LogP contribution in [0, 0.1) is 12.3 Å². The van der Waals surface area contributed by atoms with E-state index in [4.69, 9.17) is 15.9 Å². The Bertz CT molecular complexity index is 609. The molecule has 1 amide bonds. The van der Waals surface area contributed by atoms with Crippen molar-refractivity contribution in [2.75, 3.05) is 13.2 Å². The summed E-state index contributed by atoms with van der Waals surface area (Å²) in [5.41, 5.74) is 0.926. The number of carbonyl (C=O) groups is 2. The Kier molecular flexibility index (Phi) is 13.9. The van der Waals surface area contributed by atoms with E-state index < -0.39 is 18.1 Å². The normalized spacial score (nSPS) is 11.3. The minimum atomic E-state index is -0.804. The van der Waals surface area contributed by atoms with Crippen molar-refractivity contribution in [2.45, 2.75) is 77.2 Å². The predicted molar refractivity (Wildman–Crippen MR) is 115 cm³/mol. The van der Waals surface area contributed by atoms with E-state index >= 15 is 0 Å². The summed E-state index contributed by atoms with van der Waals surface area (Å²) in [6.07, 6.45) is 15.5. The van der Waals surface area contributed by atoms with Crippen molar-refractivity contribution < 1.29 is 19.1 Å². The molecule has 0 bridgehead atoms. The molecule has 0 aliphatic carbocycles. The predicted octanol–water partition coefficient (Wildman–Crippen LogP) is 5.03. The Morgan fingerprint density at radius 1 is 0.966 bits per heavy atom. The number of ether oxygens (including phenoxy) is 2. The highest BCUT2D eigenvalue weighted by Gasteiger charge is 2.23. The highest BCUT2D eigenvalue weighted by Crippen LogP contribution is 2.10. The Labute approximate surface area is 175 Å². The van der Waals surface area contributed by atoms with Crippen molar-refractivity contribution in [3.63, 3.8) is 0 Å². The van der Waals surface area contributed by atoms with Crippen LogP contribution in [0.3, 0.4) is 0 Å². The van der Waals surface area contributed by atoms with Crippen LogP contribution in [0.15, 0.2) is 30.3 Å². The van der Waals surface area contributed by atoms with Crippen LogP contribution >= 0.6 is 0 Å². The third kappa shape index (κ3) is 12.6. The molecule has 1 aromatic rings. The van der Waals surface area contributed by atoms with E-state index in [1.807, 2.05) is 30.3 Å². The molecule has 1 atom stereocenters. The van der Waals surface area contributed by atoms with Crippen LogP contribution in [0.4, 0.5) is 4.79 Å². The summed E-state index contributed by atoms with van der Waals surface area (Å²) in [5, 5.41) is 2.55. The molecule has 1 aromatic carbocycles. The molecule has 0 heterocycles. The number of unbranched alkanes of at least 4 members (excludes halogenated alkanes) is 8. The van der Waals surface area contributed by atoms with Gasteiger partial charge in [0.25, 0.3) is 0 Å². The van der Waals surface area contributed by atoms with E-state index in [0.29, 0.717) is 13.0 Å². The maximum atomic E-state index is 12.5. The van der Waals surface area contributed by atoms with Gasteiger partial charge in [-0.15, -0.1) is 6.42 Å². The van der Waals surface area contributed by atoms with E-state index in [0.717, 1.165) is 24.8 Å². The lowest BCUT2D eigenvalue weighted by molar-refractivity contribution is -0.146. The van der Waals surface area contributed by atoms with Gasteiger partial charge in [0.2, 0.25) is 0 Å². The number of esters is 1.